The highest BCUT2D eigenvalue weighted by Gasteiger charge is 2.22. The van der Waals surface area contributed by atoms with Gasteiger partial charge in [-0.05, 0) is 49.1 Å². The summed E-state index contributed by atoms with van der Waals surface area (Å²) in [6.45, 7) is 4.02. The van der Waals surface area contributed by atoms with Gasteiger partial charge >= 0.3 is 0 Å². The van der Waals surface area contributed by atoms with E-state index in [9.17, 15) is 4.79 Å². The quantitative estimate of drug-likeness (QED) is 0.792. The first-order chi connectivity index (χ1) is 12.3. The van der Waals surface area contributed by atoms with Crippen LogP contribution in [0.15, 0.2) is 60.8 Å². The summed E-state index contributed by atoms with van der Waals surface area (Å²) in [5.41, 5.74) is 2.18. The third kappa shape index (κ3) is 5.84. The first-order valence-electron chi connectivity index (χ1n) is 8.93. The van der Waals surface area contributed by atoms with Gasteiger partial charge in [0.1, 0.15) is 0 Å². The van der Waals surface area contributed by atoms with Gasteiger partial charge in [-0.25, -0.2) is 0 Å². The van der Waals surface area contributed by atoms with Gasteiger partial charge in [0.05, 0.1) is 5.69 Å². The van der Waals surface area contributed by atoms with Crippen LogP contribution in [-0.2, 0) is 11.2 Å². The molecule has 4 heteroatoms. The van der Waals surface area contributed by atoms with Crippen molar-refractivity contribution in [1.82, 2.24) is 15.2 Å². The molecule has 0 unspecified atom stereocenters. The fourth-order valence-electron chi connectivity index (χ4n) is 3.15. The van der Waals surface area contributed by atoms with Crippen LogP contribution in [0.1, 0.15) is 17.7 Å². The van der Waals surface area contributed by atoms with Gasteiger partial charge in [0, 0.05) is 31.9 Å². The summed E-state index contributed by atoms with van der Waals surface area (Å²) >= 11 is 0. The summed E-state index contributed by atoms with van der Waals surface area (Å²) in [7, 11) is 0. The molecule has 0 radical (unpaired) electrons. The van der Waals surface area contributed by atoms with Gasteiger partial charge in [0.2, 0.25) is 5.91 Å². The Morgan fingerprint density at radius 1 is 1.20 bits per heavy atom. The lowest BCUT2D eigenvalue weighted by molar-refractivity contribution is -0.116. The maximum absolute atomic E-state index is 11.9. The van der Waals surface area contributed by atoms with E-state index in [-0.39, 0.29) is 5.91 Å². The molecule has 0 bridgehead atoms. The highest BCUT2D eigenvalue weighted by molar-refractivity contribution is 5.91. The van der Waals surface area contributed by atoms with Crippen LogP contribution in [0.4, 0.5) is 0 Å². The van der Waals surface area contributed by atoms with E-state index >= 15 is 0 Å². The second-order valence-electron chi connectivity index (χ2n) is 6.52. The van der Waals surface area contributed by atoms with Crippen LogP contribution in [-0.4, -0.2) is 42.0 Å². The Morgan fingerprint density at radius 3 is 2.84 bits per heavy atom. The molecule has 1 aliphatic rings. The molecule has 4 nitrogen and oxygen atoms in total. The average molecular weight is 335 g/mol. The topological polar surface area (TPSA) is 45.2 Å². The van der Waals surface area contributed by atoms with Gasteiger partial charge in [0.25, 0.3) is 0 Å². The molecule has 0 aliphatic carbocycles. The maximum atomic E-state index is 11.9. The van der Waals surface area contributed by atoms with E-state index in [4.69, 9.17) is 0 Å². The Bertz CT molecular complexity index is 685. The summed E-state index contributed by atoms with van der Waals surface area (Å²) in [5.74, 6) is 0.497. The zero-order valence-corrected chi connectivity index (χ0v) is 14.5. The van der Waals surface area contributed by atoms with Gasteiger partial charge in [0.15, 0.2) is 0 Å². The summed E-state index contributed by atoms with van der Waals surface area (Å²) in [6.07, 6.45) is 7.27. The summed E-state index contributed by atoms with van der Waals surface area (Å²) in [6, 6.07) is 16.3. The van der Waals surface area contributed by atoms with Crippen LogP contribution in [0.3, 0.4) is 0 Å². The molecule has 1 N–H and O–H groups in total. The number of nitrogens with zero attached hydrogens (tertiary/aromatic N) is 2. The number of amides is 1. The number of carbonyl (C=O) groups excluding carboxylic acids is 1. The van der Waals surface area contributed by atoms with Crippen molar-refractivity contribution in [2.75, 3.05) is 26.2 Å². The van der Waals surface area contributed by atoms with E-state index in [1.807, 2.05) is 18.2 Å². The lowest BCUT2D eigenvalue weighted by Gasteiger charge is -2.16. The SMILES string of the molecule is O=C(/C=C\c1ccccn1)NC[C@@H]1CCN(CCc2ccccc2)C1. The molecule has 1 saturated heterocycles. The molecule has 3 rings (SSSR count). The fraction of sp³-hybridized carbons (Fsp3) is 0.333. The number of aromatic nitrogens is 1. The molecular weight excluding hydrogens is 310 g/mol. The highest BCUT2D eigenvalue weighted by atomic mass is 16.1. The van der Waals surface area contributed by atoms with Crippen molar-refractivity contribution in [3.05, 3.63) is 72.1 Å². The Hall–Kier alpha value is -2.46. The number of carbonyl (C=O) groups is 1. The molecule has 1 aromatic heterocycles. The van der Waals surface area contributed by atoms with E-state index in [2.05, 4.69) is 45.5 Å². The summed E-state index contributed by atoms with van der Waals surface area (Å²) in [5, 5.41) is 3.01. The van der Waals surface area contributed by atoms with Crippen molar-refractivity contribution in [2.45, 2.75) is 12.8 Å². The third-order valence-corrected chi connectivity index (χ3v) is 4.59. The Kier molecular flexibility index (Phi) is 6.35. The Labute approximate surface area is 149 Å². The van der Waals surface area contributed by atoms with Gasteiger partial charge in [-0.2, -0.15) is 0 Å². The number of likely N-dealkylation sites (tertiary alicyclic amines) is 1. The second kappa shape index (κ2) is 9.14. The van der Waals surface area contributed by atoms with Crippen molar-refractivity contribution in [3.8, 4) is 0 Å². The van der Waals surface area contributed by atoms with E-state index in [1.165, 1.54) is 5.56 Å². The lowest BCUT2D eigenvalue weighted by atomic mass is 10.1. The molecular formula is C21H25N3O. The number of pyridine rings is 1. The van der Waals surface area contributed by atoms with Crippen LogP contribution in [0, 0.1) is 5.92 Å². The predicted octanol–water partition coefficient (Wildman–Crippen LogP) is 2.78. The van der Waals surface area contributed by atoms with Gasteiger partial charge in [-0.15, -0.1) is 0 Å². The predicted molar refractivity (Wildman–Crippen MR) is 101 cm³/mol. The molecule has 1 aromatic carbocycles. The van der Waals surface area contributed by atoms with Crippen LogP contribution in [0.2, 0.25) is 0 Å². The Balaban J connectivity index is 1.35. The zero-order valence-electron chi connectivity index (χ0n) is 14.5. The van der Waals surface area contributed by atoms with Gasteiger partial charge < -0.3 is 10.2 Å². The minimum Gasteiger partial charge on any atom is -0.352 e. The molecule has 1 atom stereocenters. The number of rotatable bonds is 7. The Morgan fingerprint density at radius 2 is 2.04 bits per heavy atom. The van der Waals surface area contributed by atoms with Crippen LogP contribution < -0.4 is 5.32 Å². The van der Waals surface area contributed by atoms with E-state index in [1.54, 1.807) is 18.3 Å². The van der Waals surface area contributed by atoms with E-state index in [0.29, 0.717) is 5.92 Å². The van der Waals surface area contributed by atoms with E-state index in [0.717, 1.165) is 44.7 Å². The minimum atomic E-state index is -0.0478. The van der Waals surface area contributed by atoms with Crippen molar-refractivity contribution in [3.63, 3.8) is 0 Å². The minimum absolute atomic E-state index is 0.0478. The largest absolute Gasteiger partial charge is 0.352 e. The molecule has 2 aromatic rings. The average Bonchev–Trinajstić information content (AvgIpc) is 3.13. The number of hydrogen-bond acceptors (Lipinski definition) is 3. The van der Waals surface area contributed by atoms with Crippen molar-refractivity contribution >= 4 is 12.0 Å². The van der Waals surface area contributed by atoms with Gasteiger partial charge in [-0.1, -0.05) is 36.4 Å². The number of benzene rings is 1. The molecule has 1 fully saturated rings. The van der Waals surface area contributed by atoms with Crippen molar-refractivity contribution in [1.29, 1.82) is 0 Å². The third-order valence-electron chi connectivity index (χ3n) is 4.59. The van der Waals surface area contributed by atoms with Gasteiger partial charge in [-0.3, -0.25) is 9.78 Å². The first-order valence-corrected chi connectivity index (χ1v) is 8.93. The summed E-state index contributed by atoms with van der Waals surface area (Å²) in [4.78, 5) is 18.6. The smallest absolute Gasteiger partial charge is 0.244 e. The first kappa shape index (κ1) is 17.4. The lowest BCUT2D eigenvalue weighted by Crippen LogP contribution is -2.30. The zero-order chi connectivity index (χ0) is 17.3. The standard InChI is InChI=1S/C21H25N3O/c25-21(10-9-20-8-4-5-13-22-20)23-16-19-12-15-24(17-19)14-11-18-6-2-1-3-7-18/h1-10,13,19H,11-12,14-17H2,(H,23,25)/b10-9-/t19-/m0/s1. The molecule has 0 saturated carbocycles. The van der Waals surface area contributed by atoms with Crippen molar-refractivity contribution < 1.29 is 4.79 Å². The molecule has 0 spiro atoms. The molecule has 130 valence electrons. The molecule has 25 heavy (non-hydrogen) atoms. The monoisotopic (exact) mass is 335 g/mol. The van der Waals surface area contributed by atoms with E-state index < -0.39 is 0 Å². The summed E-state index contributed by atoms with van der Waals surface area (Å²) < 4.78 is 0. The highest BCUT2D eigenvalue weighted by Crippen LogP contribution is 2.16. The van der Waals surface area contributed by atoms with Crippen molar-refractivity contribution in [2.24, 2.45) is 5.92 Å². The molecule has 1 aliphatic heterocycles. The number of nitrogens with one attached hydrogen (secondary N) is 1. The molecule has 2 heterocycles. The normalized spacial score (nSPS) is 17.8. The van der Waals surface area contributed by atoms with Crippen LogP contribution >= 0.6 is 0 Å². The fourth-order valence-corrected chi connectivity index (χ4v) is 3.15. The van der Waals surface area contributed by atoms with Crippen LogP contribution in [0.5, 0.6) is 0 Å². The second-order valence-corrected chi connectivity index (χ2v) is 6.52. The number of hydrogen-bond donors (Lipinski definition) is 1. The maximum Gasteiger partial charge on any atom is 0.244 e. The van der Waals surface area contributed by atoms with Crippen LogP contribution in [0.25, 0.3) is 6.08 Å². The molecule has 1 amide bonds.